The van der Waals surface area contributed by atoms with Crippen LogP contribution in [0, 0.1) is 0 Å². The first-order valence-corrected chi connectivity index (χ1v) is 3.14. The summed E-state index contributed by atoms with van der Waals surface area (Å²) >= 11 is 0. The maximum atomic E-state index is 5.58. The number of rotatable bonds is 0. The van der Waals surface area contributed by atoms with E-state index in [1.165, 1.54) is 0 Å². The lowest BCUT2D eigenvalue weighted by Crippen LogP contribution is -2.25. The molecule has 0 spiro atoms. The minimum absolute atomic E-state index is 0.635. The number of allylic oxidation sites excluding steroid dienone is 2. The lowest BCUT2D eigenvalue weighted by molar-refractivity contribution is 0.264. The molecule has 3 nitrogen and oxygen atoms in total. The molecule has 0 fully saturated rings. The average molecular weight is 136 g/mol. The quantitative estimate of drug-likeness (QED) is 0.492. The van der Waals surface area contributed by atoms with E-state index in [0.29, 0.717) is 6.61 Å². The van der Waals surface area contributed by atoms with Crippen molar-refractivity contribution in [3.8, 4) is 0 Å². The minimum atomic E-state index is 0.635. The summed E-state index contributed by atoms with van der Waals surface area (Å²) in [6, 6.07) is 0. The largest absolute Gasteiger partial charge is 0.487 e. The molecule has 2 aliphatic heterocycles. The molecule has 0 amide bonds. The molecule has 52 valence electrons. The van der Waals surface area contributed by atoms with Crippen LogP contribution < -0.4 is 5.84 Å². The molecule has 0 saturated carbocycles. The Morgan fingerprint density at radius 2 is 2.50 bits per heavy atom. The predicted octanol–water partition coefficient (Wildman–Crippen LogP) is 0.487. The van der Waals surface area contributed by atoms with Crippen LogP contribution in [0.15, 0.2) is 35.9 Å². The molecule has 2 heterocycles. The van der Waals surface area contributed by atoms with Crippen LogP contribution in [-0.2, 0) is 4.74 Å². The molecule has 10 heavy (non-hydrogen) atoms. The summed E-state index contributed by atoms with van der Waals surface area (Å²) < 4.78 is 5.22. The molecule has 2 rings (SSSR count). The van der Waals surface area contributed by atoms with Gasteiger partial charge in [-0.25, -0.2) is 5.84 Å². The summed E-state index contributed by atoms with van der Waals surface area (Å²) in [6.07, 6.45) is 7.51. The van der Waals surface area contributed by atoms with Gasteiger partial charge >= 0.3 is 0 Å². The Balaban J connectivity index is 2.39. The fraction of sp³-hybridized carbons (Fsp3) is 0.143. The average Bonchev–Trinajstić information content (AvgIpc) is 2.36. The van der Waals surface area contributed by atoms with E-state index >= 15 is 0 Å². The second-order valence-corrected chi connectivity index (χ2v) is 2.18. The highest BCUT2D eigenvalue weighted by atomic mass is 16.5. The van der Waals surface area contributed by atoms with Gasteiger partial charge in [0, 0.05) is 6.20 Å². The summed E-state index contributed by atoms with van der Waals surface area (Å²) in [4.78, 5) is 0. The summed E-state index contributed by atoms with van der Waals surface area (Å²) in [5.41, 5.74) is 0.961. The molecule has 0 bridgehead atoms. The lowest BCUT2D eigenvalue weighted by Gasteiger charge is -2.17. The Bertz CT molecular complexity index is 240. The van der Waals surface area contributed by atoms with Crippen LogP contribution in [0.25, 0.3) is 0 Å². The van der Waals surface area contributed by atoms with Crippen molar-refractivity contribution in [3.63, 3.8) is 0 Å². The third-order valence-electron chi connectivity index (χ3n) is 1.54. The SMILES string of the molecule is NN1C=CC=C2OCC=C21. The van der Waals surface area contributed by atoms with Gasteiger partial charge in [-0.3, -0.25) is 5.01 Å². The van der Waals surface area contributed by atoms with Gasteiger partial charge in [-0.05, 0) is 18.2 Å². The van der Waals surface area contributed by atoms with E-state index in [1.54, 1.807) is 11.2 Å². The molecule has 2 aliphatic rings. The summed E-state index contributed by atoms with van der Waals surface area (Å²) in [6.45, 7) is 0.635. The molecule has 0 aliphatic carbocycles. The molecular weight excluding hydrogens is 128 g/mol. The van der Waals surface area contributed by atoms with E-state index in [9.17, 15) is 0 Å². The highest BCUT2D eigenvalue weighted by Gasteiger charge is 2.17. The van der Waals surface area contributed by atoms with Crippen molar-refractivity contribution in [1.29, 1.82) is 0 Å². The molecular formula is C7H8N2O. The van der Waals surface area contributed by atoms with Gasteiger partial charge in [0.2, 0.25) is 0 Å². The Hall–Kier alpha value is -1.22. The number of ether oxygens (including phenoxy) is 1. The van der Waals surface area contributed by atoms with Gasteiger partial charge in [-0.15, -0.1) is 0 Å². The second-order valence-electron chi connectivity index (χ2n) is 2.18. The first kappa shape index (κ1) is 5.56. The van der Waals surface area contributed by atoms with Crippen LogP contribution in [0.4, 0.5) is 0 Å². The van der Waals surface area contributed by atoms with Crippen LogP contribution in [-0.4, -0.2) is 11.6 Å². The molecule has 3 heteroatoms. The maximum Gasteiger partial charge on any atom is 0.144 e. The van der Waals surface area contributed by atoms with E-state index in [0.717, 1.165) is 11.5 Å². The van der Waals surface area contributed by atoms with Gasteiger partial charge in [0.05, 0.1) is 5.70 Å². The minimum Gasteiger partial charge on any atom is -0.487 e. The zero-order chi connectivity index (χ0) is 6.97. The van der Waals surface area contributed by atoms with Crippen molar-refractivity contribution < 1.29 is 4.74 Å². The summed E-state index contributed by atoms with van der Waals surface area (Å²) in [5, 5.41) is 1.56. The Labute approximate surface area is 59.0 Å². The van der Waals surface area contributed by atoms with Crippen molar-refractivity contribution >= 4 is 0 Å². The highest BCUT2D eigenvalue weighted by Crippen LogP contribution is 2.22. The first-order valence-electron chi connectivity index (χ1n) is 3.14. The van der Waals surface area contributed by atoms with Crippen molar-refractivity contribution in [2.45, 2.75) is 0 Å². The fourth-order valence-corrected chi connectivity index (χ4v) is 1.05. The van der Waals surface area contributed by atoms with E-state index in [1.807, 2.05) is 18.2 Å². The van der Waals surface area contributed by atoms with Crippen LogP contribution in [0.2, 0.25) is 0 Å². The predicted molar refractivity (Wildman–Crippen MR) is 37.3 cm³/mol. The van der Waals surface area contributed by atoms with Crippen LogP contribution in [0.1, 0.15) is 0 Å². The van der Waals surface area contributed by atoms with Gasteiger partial charge in [-0.2, -0.15) is 0 Å². The van der Waals surface area contributed by atoms with Gasteiger partial charge in [0.25, 0.3) is 0 Å². The molecule has 0 aromatic carbocycles. The van der Waals surface area contributed by atoms with Gasteiger partial charge < -0.3 is 4.74 Å². The number of nitrogens with zero attached hydrogens (tertiary/aromatic N) is 1. The number of hydrazine groups is 1. The smallest absolute Gasteiger partial charge is 0.144 e. The first-order chi connectivity index (χ1) is 4.88. The maximum absolute atomic E-state index is 5.58. The Morgan fingerprint density at radius 1 is 1.60 bits per heavy atom. The van der Waals surface area contributed by atoms with E-state index in [-0.39, 0.29) is 0 Å². The van der Waals surface area contributed by atoms with E-state index in [4.69, 9.17) is 10.6 Å². The van der Waals surface area contributed by atoms with Crippen molar-refractivity contribution in [2.24, 2.45) is 5.84 Å². The molecule has 0 aromatic heterocycles. The number of hydrogen-bond acceptors (Lipinski definition) is 3. The topological polar surface area (TPSA) is 38.5 Å². The van der Waals surface area contributed by atoms with Gasteiger partial charge in [0.1, 0.15) is 12.4 Å². The number of nitrogens with two attached hydrogens (primary N) is 1. The number of hydrogen-bond donors (Lipinski definition) is 1. The molecule has 0 saturated heterocycles. The lowest BCUT2D eigenvalue weighted by atomic mass is 10.3. The standard InChI is InChI=1S/C7H8N2O/c8-9-4-1-2-7-6(9)3-5-10-7/h1-4H,5,8H2. The van der Waals surface area contributed by atoms with Crippen LogP contribution >= 0.6 is 0 Å². The van der Waals surface area contributed by atoms with Crippen LogP contribution in [0.3, 0.4) is 0 Å². The van der Waals surface area contributed by atoms with Crippen molar-refractivity contribution in [3.05, 3.63) is 35.9 Å². The van der Waals surface area contributed by atoms with E-state index in [2.05, 4.69) is 0 Å². The fourth-order valence-electron chi connectivity index (χ4n) is 1.05. The van der Waals surface area contributed by atoms with Gasteiger partial charge in [0.15, 0.2) is 0 Å². The normalized spacial score (nSPS) is 21.5. The van der Waals surface area contributed by atoms with E-state index < -0.39 is 0 Å². The Kier molecular flexibility index (Phi) is 1.05. The van der Waals surface area contributed by atoms with Crippen molar-refractivity contribution in [1.82, 2.24) is 5.01 Å². The van der Waals surface area contributed by atoms with Gasteiger partial charge in [-0.1, -0.05) is 0 Å². The Morgan fingerprint density at radius 3 is 3.30 bits per heavy atom. The monoisotopic (exact) mass is 136 g/mol. The van der Waals surface area contributed by atoms with Crippen LogP contribution in [0.5, 0.6) is 0 Å². The zero-order valence-corrected chi connectivity index (χ0v) is 5.45. The molecule has 2 N–H and O–H groups in total. The summed E-state index contributed by atoms with van der Waals surface area (Å²) in [5.74, 6) is 6.44. The molecule has 0 aromatic rings. The highest BCUT2D eigenvalue weighted by molar-refractivity contribution is 5.35. The summed E-state index contributed by atoms with van der Waals surface area (Å²) in [7, 11) is 0. The second kappa shape index (κ2) is 1.88. The third kappa shape index (κ3) is 0.642. The number of fused-ring (bicyclic) bond motifs is 1. The molecule has 0 unspecified atom stereocenters. The van der Waals surface area contributed by atoms with Crippen molar-refractivity contribution in [2.75, 3.05) is 6.61 Å². The molecule has 0 radical (unpaired) electrons. The molecule has 0 atom stereocenters. The third-order valence-corrected chi connectivity index (χ3v) is 1.54. The zero-order valence-electron chi connectivity index (χ0n) is 5.45.